The zero-order chi connectivity index (χ0) is 23.5. The molecule has 33 heavy (non-hydrogen) atoms. The fraction of sp³-hybridized carbons (Fsp3) is 0.333. The number of nitrogens with zero attached hydrogens (tertiary/aromatic N) is 1. The first-order valence-corrected chi connectivity index (χ1v) is 10.9. The van der Waals surface area contributed by atoms with Gasteiger partial charge in [0.1, 0.15) is 11.8 Å². The highest BCUT2D eigenvalue weighted by molar-refractivity contribution is 6.05. The molecule has 2 aliphatic rings. The average molecular weight is 450 g/mol. The Balaban J connectivity index is 1.38. The van der Waals surface area contributed by atoms with E-state index in [-0.39, 0.29) is 30.8 Å². The van der Waals surface area contributed by atoms with Crippen LogP contribution >= 0.6 is 0 Å². The molecule has 1 unspecified atom stereocenters. The molecule has 0 bridgehead atoms. The Morgan fingerprint density at radius 3 is 2.70 bits per heavy atom. The fourth-order valence-electron chi connectivity index (χ4n) is 4.12. The van der Waals surface area contributed by atoms with Gasteiger partial charge in [0.25, 0.3) is 5.91 Å². The molecule has 4 rings (SSSR count). The molecule has 0 saturated carbocycles. The molecule has 2 aromatic rings. The lowest BCUT2D eigenvalue weighted by atomic mass is 10.0. The minimum absolute atomic E-state index is 0.216. The first-order valence-electron chi connectivity index (χ1n) is 10.9. The molecular weight excluding hydrogens is 424 g/mol. The summed E-state index contributed by atoms with van der Waals surface area (Å²) in [5, 5.41) is 7.90. The van der Waals surface area contributed by atoms with Gasteiger partial charge in [0.05, 0.1) is 7.11 Å². The van der Waals surface area contributed by atoms with E-state index in [1.54, 1.807) is 19.2 Å². The van der Waals surface area contributed by atoms with Gasteiger partial charge in [-0.2, -0.15) is 0 Å². The molecule has 0 aromatic heterocycles. The van der Waals surface area contributed by atoms with Crippen LogP contribution in [0.2, 0.25) is 0 Å². The number of benzene rings is 2. The van der Waals surface area contributed by atoms with Crippen molar-refractivity contribution in [2.24, 2.45) is 0 Å². The van der Waals surface area contributed by atoms with Gasteiger partial charge in [0, 0.05) is 36.8 Å². The number of carbonyl (C=O) groups excluding carboxylic acids is 4. The van der Waals surface area contributed by atoms with Crippen molar-refractivity contribution < 1.29 is 23.9 Å². The first-order chi connectivity index (χ1) is 15.9. The molecular formula is C24H26N4O5. The maximum atomic E-state index is 12.9. The van der Waals surface area contributed by atoms with Crippen molar-refractivity contribution in [1.82, 2.24) is 15.5 Å². The van der Waals surface area contributed by atoms with Crippen molar-refractivity contribution in [3.8, 4) is 5.75 Å². The second-order valence-electron chi connectivity index (χ2n) is 8.12. The van der Waals surface area contributed by atoms with Gasteiger partial charge in [-0.3, -0.25) is 19.7 Å². The number of ether oxygens (including phenoxy) is 1. The van der Waals surface area contributed by atoms with E-state index >= 15 is 0 Å². The Kier molecular flexibility index (Phi) is 6.30. The van der Waals surface area contributed by atoms with E-state index in [1.807, 2.05) is 31.2 Å². The SMILES string of the molecule is CCc1cc(NC(=O)NCc2ccc3c(c2)C(=O)N(C2CCC(=O)NC2=O)C3)cc(OC)c1. The number of hydrogen-bond donors (Lipinski definition) is 3. The molecule has 2 aliphatic heterocycles. The van der Waals surface area contributed by atoms with E-state index in [1.165, 1.54) is 4.90 Å². The molecule has 0 radical (unpaired) electrons. The van der Waals surface area contributed by atoms with Gasteiger partial charge in [-0.05, 0) is 47.7 Å². The molecule has 0 spiro atoms. The number of amides is 5. The Morgan fingerprint density at radius 1 is 1.15 bits per heavy atom. The van der Waals surface area contributed by atoms with Gasteiger partial charge in [-0.1, -0.05) is 19.1 Å². The van der Waals surface area contributed by atoms with Gasteiger partial charge in [0.15, 0.2) is 0 Å². The number of hydrogen-bond acceptors (Lipinski definition) is 5. The number of rotatable bonds is 6. The number of aryl methyl sites for hydroxylation is 1. The number of urea groups is 1. The third-order valence-corrected chi connectivity index (χ3v) is 5.91. The van der Waals surface area contributed by atoms with E-state index in [2.05, 4.69) is 16.0 Å². The third kappa shape index (κ3) is 4.82. The molecule has 172 valence electrons. The predicted octanol–water partition coefficient (Wildman–Crippen LogP) is 2.34. The van der Waals surface area contributed by atoms with Crippen LogP contribution in [0.1, 0.15) is 46.8 Å². The molecule has 0 aliphatic carbocycles. The lowest BCUT2D eigenvalue weighted by Crippen LogP contribution is -2.52. The van der Waals surface area contributed by atoms with E-state index in [0.717, 1.165) is 23.1 Å². The maximum Gasteiger partial charge on any atom is 0.319 e. The highest BCUT2D eigenvalue weighted by atomic mass is 16.5. The molecule has 9 heteroatoms. The lowest BCUT2D eigenvalue weighted by Gasteiger charge is -2.29. The van der Waals surface area contributed by atoms with Gasteiger partial charge >= 0.3 is 6.03 Å². The Labute approximate surface area is 191 Å². The molecule has 2 heterocycles. The number of anilines is 1. The average Bonchev–Trinajstić information content (AvgIpc) is 3.13. The lowest BCUT2D eigenvalue weighted by molar-refractivity contribution is -0.136. The van der Waals surface area contributed by atoms with E-state index < -0.39 is 11.9 Å². The Morgan fingerprint density at radius 2 is 1.97 bits per heavy atom. The summed E-state index contributed by atoms with van der Waals surface area (Å²) >= 11 is 0. The fourth-order valence-corrected chi connectivity index (χ4v) is 4.12. The summed E-state index contributed by atoms with van der Waals surface area (Å²) in [4.78, 5) is 50.4. The maximum absolute atomic E-state index is 12.9. The summed E-state index contributed by atoms with van der Waals surface area (Å²) in [6.07, 6.45) is 1.35. The van der Waals surface area contributed by atoms with Crippen LogP contribution in [0.15, 0.2) is 36.4 Å². The largest absolute Gasteiger partial charge is 0.497 e. The molecule has 1 atom stereocenters. The number of imide groups is 1. The smallest absolute Gasteiger partial charge is 0.319 e. The van der Waals surface area contributed by atoms with Crippen molar-refractivity contribution in [2.45, 2.75) is 45.3 Å². The van der Waals surface area contributed by atoms with Crippen molar-refractivity contribution in [1.29, 1.82) is 0 Å². The number of nitrogens with one attached hydrogen (secondary N) is 3. The van der Waals surface area contributed by atoms with Gasteiger partial charge in [0.2, 0.25) is 11.8 Å². The first kappa shape index (κ1) is 22.3. The van der Waals surface area contributed by atoms with E-state index in [4.69, 9.17) is 4.74 Å². The minimum atomic E-state index is -0.647. The van der Waals surface area contributed by atoms with E-state index in [0.29, 0.717) is 30.0 Å². The topological polar surface area (TPSA) is 117 Å². The van der Waals surface area contributed by atoms with Crippen LogP contribution < -0.4 is 20.7 Å². The van der Waals surface area contributed by atoms with Crippen molar-refractivity contribution in [3.63, 3.8) is 0 Å². The second-order valence-corrected chi connectivity index (χ2v) is 8.12. The van der Waals surface area contributed by atoms with Crippen LogP contribution in [0, 0.1) is 0 Å². The van der Waals surface area contributed by atoms with Crippen molar-refractivity contribution >= 4 is 29.4 Å². The zero-order valence-corrected chi connectivity index (χ0v) is 18.6. The van der Waals surface area contributed by atoms with Gasteiger partial charge in [-0.25, -0.2) is 4.79 Å². The zero-order valence-electron chi connectivity index (χ0n) is 18.6. The third-order valence-electron chi connectivity index (χ3n) is 5.91. The van der Waals surface area contributed by atoms with Crippen LogP contribution in [0.5, 0.6) is 5.75 Å². The van der Waals surface area contributed by atoms with Crippen LogP contribution in [0.4, 0.5) is 10.5 Å². The van der Waals surface area contributed by atoms with Gasteiger partial charge < -0.3 is 20.3 Å². The Hall–Kier alpha value is -3.88. The summed E-state index contributed by atoms with van der Waals surface area (Å²) in [6.45, 7) is 2.58. The van der Waals surface area contributed by atoms with Crippen molar-refractivity contribution in [3.05, 3.63) is 58.7 Å². The summed E-state index contributed by atoms with van der Waals surface area (Å²) in [5.74, 6) is -0.321. The Bertz CT molecular complexity index is 1110. The molecule has 5 amide bonds. The van der Waals surface area contributed by atoms with Crippen LogP contribution in [-0.4, -0.2) is 41.8 Å². The number of methoxy groups -OCH3 is 1. The molecule has 2 aromatic carbocycles. The van der Waals surface area contributed by atoms with E-state index in [9.17, 15) is 19.2 Å². The molecule has 1 saturated heterocycles. The highest BCUT2D eigenvalue weighted by Gasteiger charge is 2.39. The minimum Gasteiger partial charge on any atom is -0.497 e. The second kappa shape index (κ2) is 9.32. The standard InChI is InChI=1S/C24H26N4O5/c1-3-14-8-17(11-18(9-14)33-2)26-24(32)25-12-15-4-5-16-13-28(23(31)19(16)10-15)20-6-7-21(29)27-22(20)30/h4-5,8-11,20H,3,6-7,12-13H2,1-2H3,(H2,25,26,32)(H,27,29,30). The predicted molar refractivity (Wildman–Crippen MR) is 121 cm³/mol. The molecule has 1 fully saturated rings. The highest BCUT2D eigenvalue weighted by Crippen LogP contribution is 2.28. The van der Waals surface area contributed by atoms with Crippen LogP contribution in [0.3, 0.4) is 0 Å². The number of carbonyl (C=O) groups is 4. The van der Waals surface area contributed by atoms with Crippen LogP contribution in [0.25, 0.3) is 0 Å². The van der Waals surface area contributed by atoms with Crippen LogP contribution in [-0.2, 0) is 29.1 Å². The molecule has 3 N–H and O–H groups in total. The monoisotopic (exact) mass is 450 g/mol. The number of piperidine rings is 1. The summed E-state index contributed by atoms with van der Waals surface area (Å²) in [6, 6.07) is 9.96. The summed E-state index contributed by atoms with van der Waals surface area (Å²) in [5.41, 5.74) is 3.78. The van der Waals surface area contributed by atoms with Crippen molar-refractivity contribution in [2.75, 3.05) is 12.4 Å². The number of fused-ring (bicyclic) bond motifs is 1. The summed E-state index contributed by atoms with van der Waals surface area (Å²) in [7, 11) is 1.58. The quantitative estimate of drug-likeness (QED) is 0.584. The van der Waals surface area contributed by atoms with Gasteiger partial charge in [-0.15, -0.1) is 0 Å². The molecule has 9 nitrogen and oxygen atoms in total. The normalized spacial score (nSPS) is 17.5. The summed E-state index contributed by atoms with van der Waals surface area (Å²) < 4.78 is 5.28.